The van der Waals surface area contributed by atoms with Gasteiger partial charge < -0.3 is 20.8 Å². The van der Waals surface area contributed by atoms with Gasteiger partial charge >= 0.3 is 6.03 Å². The number of urea groups is 1. The number of halogens is 3. The summed E-state index contributed by atoms with van der Waals surface area (Å²) in [5.74, 6) is -0.464. The van der Waals surface area contributed by atoms with Crippen molar-refractivity contribution in [2.45, 2.75) is 12.5 Å². The van der Waals surface area contributed by atoms with Crippen molar-refractivity contribution in [2.75, 3.05) is 23.8 Å². The summed E-state index contributed by atoms with van der Waals surface area (Å²) in [7, 11) is 0. The number of benzene rings is 3. The minimum absolute atomic E-state index is 0.0545. The maximum absolute atomic E-state index is 13.9. The highest BCUT2D eigenvalue weighted by molar-refractivity contribution is 6.44. The fourth-order valence-corrected chi connectivity index (χ4v) is 3.97. The first kappa shape index (κ1) is 28.1. The Morgan fingerprint density at radius 3 is 2.46 bits per heavy atom. The minimum atomic E-state index is -1.03. The van der Waals surface area contributed by atoms with Gasteiger partial charge in [0.2, 0.25) is 5.91 Å². The molecule has 0 saturated carbocycles. The fraction of sp³-hybridized carbons (Fsp3) is 0.148. The van der Waals surface area contributed by atoms with Gasteiger partial charge in [0.05, 0.1) is 46.2 Å². The van der Waals surface area contributed by atoms with E-state index in [0.29, 0.717) is 28.2 Å². The van der Waals surface area contributed by atoms with E-state index >= 15 is 0 Å². The van der Waals surface area contributed by atoms with E-state index in [1.54, 1.807) is 60.7 Å². The van der Waals surface area contributed by atoms with E-state index in [1.807, 2.05) is 0 Å². The van der Waals surface area contributed by atoms with Crippen molar-refractivity contribution in [3.63, 3.8) is 0 Å². The molecule has 0 aliphatic carbocycles. The van der Waals surface area contributed by atoms with E-state index < -0.39 is 24.6 Å². The number of hydrogen-bond donors (Lipinski definition) is 5. The Bertz CT molecular complexity index is 1480. The standard InChI is InChI=1S/C27H24Cl2FN5O4/c28-21-5-2-6-22(26(21)29)32-27(39)33-24-13-23(17-3-1-4-18(30)12-17)34-35(24)19-9-7-16(8-10-19)11-25(38)31-14-20(37)15-36/h1-10,12-13,20,36-37H,11,14-15H2,(H,31,38)(H2,32,33,39). The van der Waals surface area contributed by atoms with Gasteiger partial charge in [0, 0.05) is 18.2 Å². The lowest BCUT2D eigenvalue weighted by molar-refractivity contribution is -0.121. The Morgan fingerprint density at radius 1 is 1.00 bits per heavy atom. The number of aliphatic hydroxyl groups is 2. The third kappa shape index (κ3) is 7.33. The molecule has 0 saturated heterocycles. The van der Waals surface area contributed by atoms with Crippen LogP contribution in [0.2, 0.25) is 10.0 Å². The third-order valence-corrected chi connectivity index (χ3v) is 6.38. The Hall–Kier alpha value is -3.96. The van der Waals surface area contributed by atoms with Gasteiger partial charge in [-0.15, -0.1) is 0 Å². The van der Waals surface area contributed by atoms with E-state index in [9.17, 15) is 19.1 Å². The van der Waals surface area contributed by atoms with Gasteiger partial charge in [-0.3, -0.25) is 10.1 Å². The first-order valence-electron chi connectivity index (χ1n) is 11.8. The number of anilines is 2. The van der Waals surface area contributed by atoms with Crippen molar-refractivity contribution in [1.82, 2.24) is 15.1 Å². The van der Waals surface area contributed by atoms with E-state index in [2.05, 4.69) is 21.0 Å². The van der Waals surface area contributed by atoms with Crippen LogP contribution in [0.25, 0.3) is 16.9 Å². The SMILES string of the molecule is O=C(Cc1ccc(-n2nc(-c3cccc(F)c3)cc2NC(=O)Nc2cccc(Cl)c2Cl)cc1)NCC(O)CO. The average molecular weight is 572 g/mol. The third-order valence-electron chi connectivity index (χ3n) is 5.56. The van der Waals surface area contributed by atoms with Crippen LogP contribution in [-0.4, -0.2) is 51.2 Å². The van der Waals surface area contributed by atoms with E-state index in [4.69, 9.17) is 28.3 Å². The Labute approximate surface area is 233 Å². The van der Waals surface area contributed by atoms with Crippen LogP contribution in [0, 0.1) is 5.82 Å². The summed E-state index contributed by atoms with van der Waals surface area (Å²) in [5, 5.41) is 31.2. The lowest BCUT2D eigenvalue weighted by Crippen LogP contribution is -2.34. The molecular weight excluding hydrogens is 548 g/mol. The highest BCUT2D eigenvalue weighted by Gasteiger charge is 2.16. The smallest absolute Gasteiger partial charge is 0.324 e. The number of aromatic nitrogens is 2. The molecule has 4 aromatic rings. The molecule has 1 atom stereocenters. The molecule has 0 bridgehead atoms. The Morgan fingerprint density at radius 2 is 1.74 bits per heavy atom. The summed E-state index contributed by atoms with van der Waals surface area (Å²) in [6.07, 6.45) is -0.971. The molecule has 1 heterocycles. The van der Waals surface area contributed by atoms with Crippen molar-refractivity contribution in [3.05, 3.63) is 94.2 Å². The van der Waals surface area contributed by atoms with Gasteiger partial charge in [-0.05, 0) is 42.0 Å². The quantitative estimate of drug-likeness (QED) is 0.200. The van der Waals surface area contributed by atoms with E-state index in [-0.39, 0.29) is 34.7 Å². The zero-order valence-corrected chi connectivity index (χ0v) is 21.9. The van der Waals surface area contributed by atoms with Gasteiger partial charge in [-0.25, -0.2) is 13.9 Å². The maximum Gasteiger partial charge on any atom is 0.324 e. The molecule has 1 unspecified atom stereocenters. The number of aliphatic hydroxyl groups excluding tert-OH is 2. The van der Waals surface area contributed by atoms with Crippen molar-refractivity contribution >= 4 is 46.6 Å². The second kappa shape index (κ2) is 12.7. The highest BCUT2D eigenvalue weighted by atomic mass is 35.5. The van der Waals surface area contributed by atoms with Crippen LogP contribution in [0.4, 0.5) is 20.7 Å². The number of carbonyl (C=O) groups excluding carboxylic acids is 2. The van der Waals surface area contributed by atoms with Crippen molar-refractivity contribution in [3.8, 4) is 16.9 Å². The van der Waals surface area contributed by atoms with Crippen LogP contribution >= 0.6 is 23.2 Å². The molecule has 1 aromatic heterocycles. The summed E-state index contributed by atoms with van der Waals surface area (Å²) in [4.78, 5) is 25.0. The Kier molecular flexibility index (Phi) is 9.15. The summed E-state index contributed by atoms with van der Waals surface area (Å²) in [6, 6.07) is 18.6. The predicted octanol–water partition coefficient (Wildman–Crippen LogP) is 4.64. The van der Waals surface area contributed by atoms with Crippen LogP contribution in [0.5, 0.6) is 0 Å². The molecule has 0 aliphatic heterocycles. The zero-order chi connectivity index (χ0) is 27.9. The Balaban J connectivity index is 1.58. The highest BCUT2D eigenvalue weighted by Crippen LogP contribution is 2.30. The van der Waals surface area contributed by atoms with Crippen LogP contribution in [-0.2, 0) is 11.2 Å². The van der Waals surface area contributed by atoms with Gasteiger partial charge in [-0.1, -0.05) is 53.5 Å². The summed E-state index contributed by atoms with van der Waals surface area (Å²) in [5.41, 5.74) is 2.49. The molecule has 202 valence electrons. The van der Waals surface area contributed by atoms with Gasteiger partial charge in [0.1, 0.15) is 11.6 Å². The normalized spacial score (nSPS) is 11.6. The van der Waals surface area contributed by atoms with Gasteiger partial charge in [0.15, 0.2) is 0 Å². The largest absolute Gasteiger partial charge is 0.394 e. The molecule has 0 spiro atoms. The first-order valence-corrected chi connectivity index (χ1v) is 12.5. The molecule has 3 aromatic carbocycles. The van der Waals surface area contributed by atoms with Gasteiger partial charge in [0.25, 0.3) is 0 Å². The van der Waals surface area contributed by atoms with Crippen LogP contribution in [0.1, 0.15) is 5.56 Å². The van der Waals surface area contributed by atoms with Crippen molar-refractivity contribution < 1.29 is 24.2 Å². The lowest BCUT2D eigenvalue weighted by atomic mass is 10.1. The number of amides is 3. The zero-order valence-electron chi connectivity index (χ0n) is 20.4. The second-order valence-corrected chi connectivity index (χ2v) is 9.29. The molecule has 4 rings (SSSR count). The molecule has 12 heteroatoms. The summed E-state index contributed by atoms with van der Waals surface area (Å²) < 4.78 is 15.4. The number of nitrogens with zero attached hydrogens (tertiary/aromatic N) is 2. The number of hydrogen-bond acceptors (Lipinski definition) is 5. The lowest BCUT2D eigenvalue weighted by Gasteiger charge is -2.12. The average Bonchev–Trinajstić information content (AvgIpc) is 3.34. The van der Waals surface area contributed by atoms with Crippen molar-refractivity contribution in [1.29, 1.82) is 0 Å². The second-order valence-electron chi connectivity index (χ2n) is 8.50. The minimum Gasteiger partial charge on any atom is -0.394 e. The predicted molar refractivity (Wildman–Crippen MR) is 148 cm³/mol. The monoisotopic (exact) mass is 571 g/mol. The fourth-order valence-electron chi connectivity index (χ4n) is 3.63. The molecule has 0 fully saturated rings. The van der Waals surface area contributed by atoms with Gasteiger partial charge in [-0.2, -0.15) is 5.10 Å². The number of nitrogens with one attached hydrogen (secondary N) is 3. The topological polar surface area (TPSA) is 129 Å². The molecular formula is C27H24Cl2FN5O4. The number of rotatable bonds is 9. The maximum atomic E-state index is 13.9. The molecule has 0 radical (unpaired) electrons. The number of carbonyl (C=O) groups is 2. The van der Waals surface area contributed by atoms with E-state index in [1.165, 1.54) is 16.8 Å². The first-order chi connectivity index (χ1) is 18.7. The summed E-state index contributed by atoms with van der Waals surface area (Å²) >= 11 is 12.2. The van der Waals surface area contributed by atoms with Crippen molar-refractivity contribution in [2.24, 2.45) is 0 Å². The van der Waals surface area contributed by atoms with Crippen LogP contribution < -0.4 is 16.0 Å². The molecule has 5 N–H and O–H groups in total. The molecule has 3 amide bonds. The van der Waals surface area contributed by atoms with E-state index in [0.717, 1.165) is 0 Å². The van der Waals surface area contributed by atoms with Crippen LogP contribution in [0.3, 0.4) is 0 Å². The molecule has 0 aliphatic rings. The summed E-state index contributed by atoms with van der Waals surface area (Å²) in [6.45, 7) is -0.502. The van der Waals surface area contributed by atoms with Crippen LogP contribution in [0.15, 0.2) is 72.8 Å². The molecule has 39 heavy (non-hydrogen) atoms. The molecule has 9 nitrogen and oxygen atoms in total.